The molecule has 0 radical (unpaired) electrons. The fourth-order valence-corrected chi connectivity index (χ4v) is 2.61. The van der Waals surface area contributed by atoms with Gasteiger partial charge in [-0.2, -0.15) is 0 Å². The number of aromatic nitrogens is 1. The van der Waals surface area contributed by atoms with Crippen LogP contribution in [-0.4, -0.2) is 32.8 Å². The molecule has 21 heavy (non-hydrogen) atoms. The highest BCUT2D eigenvalue weighted by molar-refractivity contribution is 5.95. The standard InChI is InChI=1S/C15H16N2O4/c18-12-6-10(7-12)15(21)16-11-1-2-13-9(5-11)3-4-17(13)8-14(19)20/h1-5,10,12,18H,6-8H2,(H,16,21)(H,19,20). The van der Waals surface area contributed by atoms with Crippen molar-refractivity contribution in [1.29, 1.82) is 0 Å². The summed E-state index contributed by atoms with van der Waals surface area (Å²) in [5, 5.41) is 21.8. The Kier molecular flexibility index (Phi) is 3.39. The molecule has 0 aliphatic heterocycles. The molecule has 1 heterocycles. The van der Waals surface area contributed by atoms with Crippen LogP contribution in [-0.2, 0) is 16.1 Å². The summed E-state index contributed by atoms with van der Waals surface area (Å²) < 4.78 is 1.64. The largest absolute Gasteiger partial charge is 0.480 e. The lowest BCUT2D eigenvalue weighted by atomic mass is 9.82. The summed E-state index contributed by atoms with van der Waals surface area (Å²) >= 11 is 0. The number of amides is 1. The van der Waals surface area contributed by atoms with Crippen molar-refractivity contribution in [1.82, 2.24) is 4.57 Å². The molecule has 1 aliphatic carbocycles. The molecule has 3 N–H and O–H groups in total. The summed E-state index contributed by atoms with van der Waals surface area (Å²) in [5.41, 5.74) is 1.50. The Bertz CT molecular complexity index is 701. The first-order chi connectivity index (χ1) is 10.0. The van der Waals surface area contributed by atoms with Gasteiger partial charge in [-0.15, -0.1) is 0 Å². The number of hydrogen-bond acceptors (Lipinski definition) is 3. The number of anilines is 1. The zero-order valence-electron chi connectivity index (χ0n) is 11.3. The molecule has 0 atom stereocenters. The number of aliphatic hydroxyl groups is 1. The van der Waals surface area contributed by atoms with Gasteiger partial charge < -0.3 is 20.1 Å². The Balaban J connectivity index is 1.75. The van der Waals surface area contributed by atoms with E-state index in [2.05, 4.69) is 5.32 Å². The zero-order valence-corrected chi connectivity index (χ0v) is 11.3. The first kappa shape index (κ1) is 13.6. The van der Waals surface area contributed by atoms with E-state index in [0.717, 1.165) is 10.9 Å². The van der Waals surface area contributed by atoms with E-state index in [4.69, 9.17) is 5.11 Å². The molecule has 0 bridgehead atoms. The number of nitrogens with zero attached hydrogens (tertiary/aromatic N) is 1. The number of benzene rings is 1. The van der Waals surface area contributed by atoms with Crippen molar-refractivity contribution in [3.63, 3.8) is 0 Å². The van der Waals surface area contributed by atoms with Gasteiger partial charge in [0.1, 0.15) is 6.54 Å². The number of carbonyl (C=O) groups excluding carboxylic acids is 1. The minimum Gasteiger partial charge on any atom is -0.480 e. The van der Waals surface area contributed by atoms with Crippen LogP contribution in [0.15, 0.2) is 30.5 Å². The average molecular weight is 288 g/mol. The third-order valence-electron chi connectivity index (χ3n) is 3.83. The molecule has 6 heteroatoms. The smallest absolute Gasteiger partial charge is 0.323 e. The van der Waals surface area contributed by atoms with E-state index in [1.165, 1.54) is 0 Å². The first-order valence-electron chi connectivity index (χ1n) is 6.82. The summed E-state index contributed by atoms with van der Waals surface area (Å²) in [6.07, 6.45) is 2.40. The van der Waals surface area contributed by atoms with Crippen molar-refractivity contribution in [3.8, 4) is 0 Å². The van der Waals surface area contributed by atoms with Crippen molar-refractivity contribution in [2.45, 2.75) is 25.5 Å². The van der Waals surface area contributed by atoms with Gasteiger partial charge in [-0.1, -0.05) is 0 Å². The van der Waals surface area contributed by atoms with Gasteiger partial charge in [0.05, 0.1) is 6.10 Å². The van der Waals surface area contributed by atoms with E-state index in [0.29, 0.717) is 18.5 Å². The topological polar surface area (TPSA) is 91.6 Å². The Morgan fingerprint density at radius 1 is 1.29 bits per heavy atom. The number of fused-ring (bicyclic) bond motifs is 1. The Morgan fingerprint density at radius 3 is 2.71 bits per heavy atom. The normalized spacial score (nSPS) is 21.0. The zero-order chi connectivity index (χ0) is 15.0. The lowest BCUT2D eigenvalue weighted by Gasteiger charge is -2.29. The average Bonchev–Trinajstić information content (AvgIpc) is 2.77. The Morgan fingerprint density at radius 2 is 2.05 bits per heavy atom. The van der Waals surface area contributed by atoms with Gasteiger partial charge in [-0.05, 0) is 37.1 Å². The first-order valence-corrected chi connectivity index (χ1v) is 6.82. The molecule has 1 fully saturated rings. The number of carboxylic acids is 1. The summed E-state index contributed by atoms with van der Waals surface area (Å²) in [4.78, 5) is 22.7. The second kappa shape index (κ2) is 5.21. The van der Waals surface area contributed by atoms with Crippen molar-refractivity contribution in [2.75, 3.05) is 5.32 Å². The Hall–Kier alpha value is -2.34. The van der Waals surface area contributed by atoms with Gasteiger partial charge in [-0.25, -0.2) is 0 Å². The van der Waals surface area contributed by atoms with E-state index in [1.807, 2.05) is 12.1 Å². The predicted octanol–water partition coefficient (Wildman–Crippen LogP) is 1.44. The minimum atomic E-state index is -0.895. The molecule has 3 rings (SSSR count). The molecule has 1 saturated carbocycles. The summed E-state index contributed by atoms with van der Waals surface area (Å²) in [6.45, 7) is -0.0881. The van der Waals surface area contributed by atoms with Crippen LogP contribution in [0.4, 0.5) is 5.69 Å². The number of hydrogen-bond donors (Lipinski definition) is 3. The van der Waals surface area contributed by atoms with Crippen molar-refractivity contribution >= 4 is 28.5 Å². The molecule has 1 aliphatic rings. The molecular weight excluding hydrogens is 272 g/mol. The molecule has 1 amide bonds. The molecule has 110 valence electrons. The molecule has 1 aromatic heterocycles. The second-order valence-corrected chi connectivity index (χ2v) is 5.42. The highest BCUT2D eigenvalue weighted by atomic mass is 16.4. The van der Waals surface area contributed by atoms with Crippen LogP contribution >= 0.6 is 0 Å². The molecule has 6 nitrogen and oxygen atoms in total. The number of aliphatic hydroxyl groups excluding tert-OH is 1. The van der Waals surface area contributed by atoms with E-state index in [9.17, 15) is 14.7 Å². The lowest BCUT2D eigenvalue weighted by molar-refractivity contribution is -0.137. The van der Waals surface area contributed by atoms with E-state index in [1.54, 1.807) is 22.9 Å². The number of rotatable bonds is 4. The van der Waals surface area contributed by atoms with Crippen molar-refractivity contribution in [2.24, 2.45) is 5.92 Å². The number of carbonyl (C=O) groups is 2. The number of nitrogens with one attached hydrogen (secondary N) is 1. The van der Waals surface area contributed by atoms with Crippen LogP contribution in [0.2, 0.25) is 0 Å². The maximum Gasteiger partial charge on any atom is 0.323 e. The SMILES string of the molecule is O=C(O)Cn1ccc2cc(NC(=O)C3CC(O)C3)ccc21. The van der Waals surface area contributed by atoms with E-state index >= 15 is 0 Å². The fraction of sp³-hybridized carbons (Fsp3) is 0.333. The van der Waals surface area contributed by atoms with Gasteiger partial charge in [0.2, 0.25) is 5.91 Å². The molecular formula is C15H16N2O4. The predicted molar refractivity (Wildman–Crippen MR) is 76.9 cm³/mol. The molecule has 1 aromatic carbocycles. The summed E-state index contributed by atoms with van der Waals surface area (Å²) in [6, 6.07) is 7.19. The van der Waals surface area contributed by atoms with Crippen LogP contribution in [0, 0.1) is 5.92 Å². The molecule has 0 saturated heterocycles. The quantitative estimate of drug-likeness (QED) is 0.793. The van der Waals surface area contributed by atoms with Crippen LogP contribution in [0.25, 0.3) is 10.9 Å². The van der Waals surface area contributed by atoms with Crippen molar-refractivity contribution in [3.05, 3.63) is 30.5 Å². The molecule has 0 spiro atoms. The van der Waals surface area contributed by atoms with Gasteiger partial charge >= 0.3 is 5.97 Å². The Labute approximate surface area is 121 Å². The van der Waals surface area contributed by atoms with Crippen LogP contribution in [0.5, 0.6) is 0 Å². The van der Waals surface area contributed by atoms with Gasteiger partial charge in [0, 0.05) is 28.7 Å². The third-order valence-corrected chi connectivity index (χ3v) is 3.83. The number of carboxylic acid groups (broad SMARTS) is 1. The minimum absolute atomic E-state index is 0.0791. The van der Waals surface area contributed by atoms with Gasteiger partial charge in [-0.3, -0.25) is 9.59 Å². The maximum atomic E-state index is 11.9. The second-order valence-electron chi connectivity index (χ2n) is 5.42. The summed E-state index contributed by atoms with van der Waals surface area (Å²) in [5.74, 6) is -1.09. The molecule has 2 aromatic rings. The number of aliphatic carboxylic acids is 1. The van der Waals surface area contributed by atoms with Crippen LogP contribution in [0.1, 0.15) is 12.8 Å². The third kappa shape index (κ3) is 2.75. The molecule has 0 unspecified atom stereocenters. The van der Waals surface area contributed by atoms with Gasteiger partial charge in [0.15, 0.2) is 0 Å². The van der Waals surface area contributed by atoms with Crippen molar-refractivity contribution < 1.29 is 19.8 Å². The van der Waals surface area contributed by atoms with E-state index < -0.39 is 5.97 Å². The van der Waals surface area contributed by atoms with Crippen LogP contribution in [0.3, 0.4) is 0 Å². The van der Waals surface area contributed by atoms with E-state index in [-0.39, 0.29) is 24.5 Å². The maximum absolute atomic E-state index is 11.9. The monoisotopic (exact) mass is 288 g/mol. The van der Waals surface area contributed by atoms with Crippen LogP contribution < -0.4 is 5.32 Å². The summed E-state index contributed by atoms with van der Waals surface area (Å²) in [7, 11) is 0. The lowest BCUT2D eigenvalue weighted by Crippen LogP contribution is -2.37. The fourth-order valence-electron chi connectivity index (χ4n) is 2.61. The highest BCUT2D eigenvalue weighted by Crippen LogP contribution is 2.29. The highest BCUT2D eigenvalue weighted by Gasteiger charge is 2.33. The van der Waals surface area contributed by atoms with Gasteiger partial charge in [0.25, 0.3) is 0 Å².